The number of rotatable bonds is 7. The Kier molecular flexibility index (Phi) is 6.57. The fourth-order valence-electron chi connectivity index (χ4n) is 1.32. The van der Waals surface area contributed by atoms with E-state index >= 15 is 0 Å². The Morgan fingerprint density at radius 3 is 2.47 bits per heavy atom. The number of carbonyl (C=O) groups is 1. The van der Waals surface area contributed by atoms with Crippen LogP contribution in [0.5, 0.6) is 0 Å². The summed E-state index contributed by atoms with van der Waals surface area (Å²) >= 11 is 0. The molecule has 90 valence electrons. The summed E-state index contributed by atoms with van der Waals surface area (Å²) in [5.41, 5.74) is 5.13. The minimum atomic E-state index is -0.723. The summed E-state index contributed by atoms with van der Waals surface area (Å²) in [5, 5.41) is 2.97. The van der Waals surface area contributed by atoms with Crippen molar-refractivity contribution >= 4 is 5.91 Å². The molecule has 0 saturated carbocycles. The molecule has 0 bridgehead atoms. The van der Waals surface area contributed by atoms with Crippen LogP contribution in [0.1, 0.15) is 59.8 Å². The molecule has 0 saturated heterocycles. The molecule has 3 heteroatoms. The van der Waals surface area contributed by atoms with Gasteiger partial charge in [-0.3, -0.25) is 4.79 Å². The van der Waals surface area contributed by atoms with E-state index in [0.29, 0.717) is 6.42 Å². The third-order valence-electron chi connectivity index (χ3n) is 2.87. The standard InChI is InChI=1S/C12H26N2O/c1-5-7-8-9-10(3)14-11(15)12(4,13)6-2/h10H,5-9,13H2,1-4H3,(H,14,15). The van der Waals surface area contributed by atoms with E-state index in [1.54, 1.807) is 6.92 Å². The average molecular weight is 214 g/mol. The molecule has 3 nitrogen and oxygen atoms in total. The first-order chi connectivity index (χ1) is 6.94. The Morgan fingerprint density at radius 1 is 1.40 bits per heavy atom. The van der Waals surface area contributed by atoms with Crippen LogP contribution in [0, 0.1) is 0 Å². The van der Waals surface area contributed by atoms with Crippen LogP contribution in [-0.4, -0.2) is 17.5 Å². The second-order valence-electron chi connectivity index (χ2n) is 4.64. The van der Waals surface area contributed by atoms with Crippen LogP contribution in [-0.2, 0) is 4.79 Å². The van der Waals surface area contributed by atoms with Gasteiger partial charge in [0.05, 0.1) is 5.54 Å². The van der Waals surface area contributed by atoms with Gasteiger partial charge in [0.25, 0.3) is 0 Å². The maximum absolute atomic E-state index is 11.7. The smallest absolute Gasteiger partial charge is 0.239 e. The first-order valence-corrected chi connectivity index (χ1v) is 6.03. The topological polar surface area (TPSA) is 55.1 Å². The SMILES string of the molecule is CCCCCC(C)NC(=O)C(C)(N)CC. The van der Waals surface area contributed by atoms with Gasteiger partial charge >= 0.3 is 0 Å². The minimum absolute atomic E-state index is 0.0333. The van der Waals surface area contributed by atoms with Crippen LogP contribution >= 0.6 is 0 Å². The molecular formula is C12H26N2O. The van der Waals surface area contributed by atoms with Crippen LogP contribution in [0.3, 0.4) is 0 Å². The number of hydrogen-bond acceptors (Lipinski definition) is 2. The fraction of sp³-hybridized carbons (Fsp3) is 0.917. The molecule has 3 N–H and O–H groups in total. The largest absolute Gasteiger partial charge is 0.352 e. The van der Waals surface area contributed by atoms with Gasteiger partial charge in [0.15, 0.2) is 0 Å². The van der Waals surface area contributed by atoms with Crippen LogP contribution in [0.4, 0.5) is 0 Å². The van der Waals surface area contributed by atoms with Gasteiger partial charge in [-0.25, -0.2) is 0 Å². The minimum Gasteiger partial charge on any atom is -0.352 e. The Balaban J connectivity index is 3.86. The molecule has 2 unspecified atom stereocenters. The molecule has 0 aromatic heterocycles. The molecule has 0 aromatic rings. The highest BCUT2D eigenvalue weighted by Crippen LogP contribution is 2.07. The third-order valence-corrected chi connectivity index (χ3v) is 2.87. The Labute approximate surface area is 93.8 Å². The summed E-state index contributed by atoms with van der Waals surface area (Å²) in [4.78, 5) is 11.7. The van der Waals surface area contributed by atoms with Crippen molar-refractivity contribution in [3.63, 3.8) is 0 Å². The first-order valence-electron chi connectivity index (χ1n) is 6.03. The van der Waals surface area contributed by atoms with Gasteiger partial charge in [-0.15, -0.1) is 0 Å². The van der Waals surface area contributed by atoms with E-state index in [1.807, 2.05) is 13.8 Å². The molecule has 0 rings (SSSR count). The van der Waals surface area contributed by atoms with Crippen LogP contribution in [0.25, 0.3) is 0 Å². The van der Waals surface area contributed by atoms with Gasteiger partial charge in [-0.05, 0) is 26.7 Å². The van der Waals surface area contributed by atoms with Crippen LogP contribution < -0.4 is 11.1 Å². The van der Waals surface area contributed by atoms with E-state index in [-0.39, 0.29) is 11.9 Å². The molecular weight excluding hydrogens is 188 g/mol. The number of carbonyl (C=O) groups excluding carboxylic acids is 1. The van der Waals surface area contributed by atoms with E-state index in [2.05, 4.69) is 12.2 Å². The van der Waals surface area contributed by atoms with Gasteiger partial charge < -0.3 is 11.1 Å². The number of hydrogen-bond donors (Lipinski definition) is 2. The Morgan fingerprint density at radius 2 is 2.00 bits per heavy atom. The van der Waals surface area contributed by atoms with Crippen molar-refractivity contribution in [1.82, 2.24) is 5.32 Å². The second kappa shape index (κ2) is 6.83. The first kappa shape index (κ1) is 14.4. The van der Waals surface area contributed by atoms with Gasteiger partial charge in [-0.1, -0.05) is 33.1 Å². The quantitative estimate of drug-likeness (QED) is 0.638. The van der Waals surface area contributed by atoms with Crippen molar-refractivity contribution in [3.05, 3.63) is 0 Å². The average Bonchev–Trinajstić information content (AvgIpc) is 2.18. The van der Waals surface area contributed by atoms with Crippen molar-refractivity contribution in [1.29, 1.82) is 0 Å². The Bertz CT molecular complexity index is 190. The maximum atomic E-state index is 11.7. The summed E-state index contributed by atoms with van der Waals surface area (Å²) in [6, 6.07) is 0.235. The highest BCUT2D eigenvalue weighted by molar-refractivity contribution is 5.85. The molecule has 0 spiro atoms. The predicted octanol–water partition coefficient (Wildman–Crippen LogP) is 2.20. The molecule has 2 atom stereocenters. The number of amides is 1. The van der Waals surface area contributed by atoms with Crippen molar-refractivity contribution in [2.75, 3.05) is 0 Å². The second-order valence-corrected chi connectivity index (χ2v) is 4.64. The van der Waals surface area contributed by atoms with E-state index in [0.717, 1.165) is 6.42 Å². The lowest BCUT2D eigenvalue weighted by atomic mass is 9.98. The molecule has 0 aliphatic carbocycles. The zero-order valence-corrected chi connectivity index (χ0v) is 10.6. The van der Waals surface area contributed by atoms with Crippen LogP contribution in [0.2, 0.25) is 0 Å². The summed E-state index contributed by atoms with van der Waals surface area (Å²) in [6.45, 7) is 7.93. The zero-order chi connectivity index (χ0) is 11.9. The van der Waals surface area contributed by atoms with Gasteiger partial charge in [0.1, 0.15) is 0 Å². The fourth-order valence-corrected chi connectivity index (χ4v) is 1.32. The zero-order valence-electron chi connectivity index (χ0n) is 10.6. The van der Waals surface area contributed by atoms with E-state index in [9.17, 15) is 4.79 Å². The lowest BCUT2D eigenvalue weighted by Crippen LogP contribution is -2.53. The van der Waals surface area contributed by atoms with Gasteiger partial charge in [0, 0.05) is 6.04 Å². The lowest BCUT2D eigenvalue weighted by Gasteiger charge is -2.24. The molecule has 0 aromatic carbocycles. The number of nitrogens with one attached hydrogen (secondary N) is 1. The van der Waals surface area contributed by atoms with Crippen molar-refractivity contribution in [2.24, 2.45) is 5.73 Å². The molecule has 0 aliphatic heterocycles. The molecule has 0 aliphatic rings. The molecule has 0 heterocycles. The number of unbranched alkanes of at least 4 members (excludes halogenated alkanes) is 2. The summed E-state index contributed by atoms with van der Waals surface area (Å²) in [7, 11) is 0. The molecule has 1 amide bonds. The van der Waals surface area contributed by atoms with Crippen molar-refractivity contribution in [2.45, 2.75) is 71.4 Å². The Hall–Kier alpha value is -0.570. The monoisotopic (exact) mass is 214 g/mol. The highest BCUT2D eigenvalue weighted by Gasteiger charge is 2.26. The summed E-state index contributed by atoms with van der Waals surface area (Å²) in [6.07, 6.45) is 5.32. The van der Waals surface area contributed by atoms with Crippen molar-refractivity contribution in [3.8, 4) is 0 Å². The highest BCUT2D eigenvalue weighted by atomic mass is 16.2. The lowest BCUT2D eigenvalue weighted by molar-refractivity contribution is -0.126. The van der Waals surface area contributed by atoms with Gasteiger partial charge in [0.2, 0.25) is 5.91 Å². The number of nitrogens with two attached hydrogens (primary N) is 1. The molecule has 0 fully saturated rings. The molecule has 0 radical (unpaired) electrons. The normalized spacial score (nSPS) is 16.9. The summed E-state index contributed by atoms with van der Waals surface area (Å²) in [5.74, 6) is -0.0333. The maximum Gasteiger partial charge on any atom is 0.239 e. The van der Waals surface area contributed by atoms with Gasteiger partial charge in [-0.2, -0.15) is 0 Å². The third kappa shape index (κ3) is 5.78. The summed E-state index contributed by atoms with van der Waals surface area (Å²) < 4.78 is 0. The van der Waals surface area contributed by atoms with E-state index in [1.165, 1.54) is 19.3 Å². The van der Waals surface area contributed by atoms with E-state index < -0.39 is 5.54 Å². The predicted molar refractivity (Wildman–Crippen MR) is 64.6 cm³/mol. The van der Waals surface area contributed by atoms with Crippen LogP contribution in [0.15, 0.2) is 0 Å². The van der Waals surface area contributed by atoms with Crippen molar-refractivity contribution < 1.29 is 4.79 Å². The molecule has 15 heavy (non-hydrogen) atoms. The van der Waals surface area contributed by atoms with E-state index in [4.69, 9.17) is 5.73 Å².